The number of anilines is 1. The van der Waals surface area contributed by atoms with Gasteiger partial charge in [-0.2, -0.15) is 0 Å². The number of amides is 1. The number of aromatic nitrogens is 2. The lowest BCUT2D eigenvalue weighted by Crippen LogP contribution is -2.28. The predicted molar refractivity (Wildman–Crippen MR) is 114 cm³/mol. The minimum absolute atomic E-state index is 0.0325. The minimum Gasteiger partial charge on any atom is -0.324 e. The SMILES string of the molecule is CC(C)c1ccccc1NC(=O)Cn1cnc2sc3c(c2c1=O)CC[C@@H](C)C3. The van der Waals surface area contributed by atoms with Crippen LogP contribution < -0.4 is 10.9 Å². The number of thiophene rings is 1. The standard InChI is InChI=1S/C22H25N3O2S/c1-13(2)15-6-4-5-7-17(15)24-19(26)11-25-12-23-21-20(22(25)27)16-9-8-14(3)10-18(16)28-21/h4-7,12-14H,8-11H2,1-3H3,(H,24,26)/t14-/m1/s1. The Morgan fingerprint density at radius 3 is 2.93 bits per heavy atom. The third kappa shape index (κ3) is 3.49. The molecule has 1 aromatic carbocycles. The highest BCUT2D eigenvalue weighted by molar-refractivity contribution is 7.18. The summed E-state index contributed by atoms with van der Waals surface area (Å²) in [6.45, 7) is 6.40. The molecule has 0 aliphatic heterocycles. The van der Waals surface area contributed by atoms with E-state index in [2.05, 4.69) is 31.1 Å². The maximum atomic E-state index is 13.1. The van der Waals surface area contributed by atoms with E-state index in [0.717, 1.165) is 40.9 Å². The molecule has 6 heteroatoms. The van der Waals surface area contributed by atoms with E-state index in [1.54, 1.807) is 11.3 Å². The second-order valence-electron chi connectivity index (χ2n) is 8.00. The Morgan fingerprint density at radius 2 is 2.14 bits per heavy atom. The van der Waals surface area contributed by atoms with Gasteiger partial charge in [-0.3, -0.25) is 14.2 Å². The van der Waals surface area contributed by atoms with E-state index in [9.17, 15) is 9.59 Å². The fraction of sp³-hybridized carbons (Fsp3) is 0.409. The number of carbonyl (C=O) groups excluding carboxylic acids is 1. The first-order valence-electron chi connectivity index (χ1n) is 9.82. The molecule has 4 rings (SSSR count). The van der Waals surface area contributed by atoms with Crippen molar-refractivity contribution in [2.75, 3.05) is 5.32 Å². The molecule has 0 spiro atoms. The lowest BCUT2D eigenvalue weighted by molar-refractivity contribution is -0.116. The molecule has 146 valence electrons. The Balaban J connectivity index is 1.61. The number of fused-ring (bicyclic) bond motifs is 3. The predicted octanol–water partition coefficient (Wildman–Crippen LogP) is 4.34. The highest BCUT2D eigenvalue weighted by Gasteiger charge is 2.23. The van der Waals surface area contributed by atoms with Gasteiger partial charge in [0, 0.05) is 10.6 Å². The molecule has 2 heterocycles. The number of carbonyl (C=O) groups is 1. The van der Waals surface area contributed by atoms with Crippen LogP contribution in [0.5, 0.6) is 0 Å². The Morgan fingerprint density at radius 1 is 1.36 bits per heavy atom. The fourth-order valence-corrected chi connectivity index (χ4v) is 5.28. The summed E-state index contributed by atoms with van der Waals surface area (Å²) < 4.78 is 1.43. The van der Waals surface area contributed by atoms with Crippen LogP contribution in [0.25, 0.3) is 10.2 Å². The number of hydrogen-bond donors (Lipinski definition) is 1. The zero-order valence-corrected chi connectivity index (χ0v) is 17.3. The van der Waals surface area contributed by atoms with E-state index in [-0.39, 0.29) is 18.0 Å². The molecule has 1 N–H and O–H groups in total. The summed E-state index contributed by atoms with van der Waals surface area (Å²) in [5.74, 6) is 0.737. The summed E-state index contributed by atoms with van der Waals surface area (Å²) in [6, 6.07) is 7.78. The largest absolute Gasteiger partial charge is 0.324 e. The molecule has 5 nitrogen and oxygen atoms in total. The smallest absolute Gasteiger partial charge is 0.262 e. The summed E-state index contributed by atoms with van der Waals surface area (Å²) in [7, 11) is 0. The van der Waals surface area contributed by atoms with Crippen molar-refractivity contribution in [1.82, 2.24) is 9.55 Å². The number of nitrogens with zero attached hydrogens (tertiary/aromatic N) is 2. The van der Waals surface area contributed by atoms with Crippen LogP contribution in [0.3, 0.4) is 0 Å². The van der Waals surface area contributed by atoms with Crippen LogP contribution in [0.1, 0.15) is 49.1 Å². The van der Waals surface area contributed by atoms with E-state index in [1.165, 1.54) is 15.8 Å². The maximum Gasteiger partial charge on any atom is 0.262 e. The average Bonchev–Trinajstić information content (AvgIpc) is 3.02. The molecular formula is C22H25N3O2S. The van der Waals surface area contributed by atoms with Crippen molar-refractivity contribution in [3.63, 3.8) is 0 Å². The molecule has 1 amide bonds. The van der Waals surface area contributed by atoms with Gasteiger partial charge in [-0.05, 0) is 48.3 Å². The Hall–Kier alpha value is -2.47. The Labute approximate surface area is 168 Å². The summed E-state index contributed by atoms with van der Waals surface area (Å²) in [4.78, 5) is 32.2. The molecule has 3 aromatic rings. The van der Waals surface area contributed by atoms with Crippen molar-refractivity contribution in [2.45, 2.75) is 52.5 Å². The second-order valence-corrected chi connectivity index (χ2v) is 9.08. The molecule has 0 bridgehead atoms. The van der Waals surface area contributed by atoms with Crippen LogP contribution in [-0.4, -0.2) is 15.5 Å². The van der Waals surface area contributed by atoms with Crippen LogP contribution in [0.2, 0.25) is 0 Å². The molecule has 2 aromatic heterocycles. The van der Waals surface area contributed by atoms with Crippen LogP contribution in [0, 0.1) is 5.92 Å². The highest BCUT2D eigenvalue weighted by atomic mass is 32.1. The van der Waals surface area contributed by atoms with Crippen LogP contribution >= 0.6 is 11.3 Å². The van der Waals surface area contributed by atoms with Gasteiger partial charge in [0.2, 0.25) is 5.91 Å². The van der Waals surface area contributed by atoms with Crippen molar-refractivity contribution in [1.29, 1.82) is 0 Å². The van der Waals surface area contributed by atoms with Crippen molar-refractivity contribution < 1.29 is 4.79 Å². The first kappa shape index (κ1) is 18.9. The van der Waals surface area contributed by atoms with E-state index in [4.69, 9.17) is 0 Å². The number of para-hydroxylation sites is 1. The fourth-order valence-electron chi connectivity index (χ4n) is 3.94. The number of hydrogen-bond acceptors (Lipinski definition) is 4. The zero-order valence-electron chi connectivity index (χ0n) is 16.5. The lowest BCUT2D eigenvalue weighted by atomic mass is 9.89. The second kappa shape index (κ2) is 7.51. The zero-order chi connectivity index (χ0) is 19.8. The Bertz CT molecular complexity index is 1100. The first-order valence-corrected chi connectivity index (χ1v) is 10.6. The van der Waals surface area contributed by atoms with Gasteiger partial charge in [0.15, 0.2) is 0 Å². The molecule has 1 aliphatic rings. The molecule has 0 saturated carbocycles. The van der Waals surface area contributed by atoms with Crippen LogP contribution in [-0.2, 0) is 24.2 Å². The van der Waals surface area contributed by atoms with Gasteiger partial charge in [0.05, 0.1) is 11.7 Å². The first-order chi connectivity index (χ1) is 13.4. The lowest BCUT2D eigenvalue weighted by Gasteiger charge is -2.17. The summed E-state index contributed by atoms with van der Waals surface area (Å²) in [6.07, 6.45) is 4.54. The van der Waals surface area contributed by atoms with Gasteiger partial charge in [-0.15, -0.1) is 11.3 Å². The van der Waals surface area contributed by atoms with Crippen molar-refractivity contribution in [3.8, 4) is 0 Å². The number of benzene rings is 1. The molecular weight excluding hydrogens is 370 g/mol. The third-order valence-electron chi connectivity index (χ3n) is 5.45. The molecule has 28 heavy (non-hydrogen) atoms. The summed E-state index contributed by atoms with van der Waals surface area (Å²) in [5.41, 5.74) is 2.92. The van der Waals surface area contributed by atoms with Crippen LogP contribution in [0.4, 0.5) is 5.69 Å². The van der Waals surface area contributed by atoms with E-state index in [1.807, 2.05) is 24.3 Å². The van der Waals surface area contributed by atoms with E-state index < -0.39 is 0 Å². The molecule has 1 atom stereocenters. The minimum atomic E-state index is -0.214. The average molecular weight is 396 g/mol. The van der Waals surface area contributed by atoms with Crippen LogP contribution in [0.15, 0.2) is 35.4 Å². The van der Waals surface area contributed by atoms with Gasteiger partial charge >= 0.3 is 0 Å². The highest BCUT2D eigenvalue weighted by Crippen LogP contribution is 2.35. The molecule has 0 saturated heterocycles. The number of nitrogens with one attached hydrogen (secondary N) is 1. The van der Waals surface area contributed by atoms with Crippen molar-refractivity contribution in [3.05, 3.63) is 57.0 Å². The topological polar surface area (TPSA) is 64.0 Å². The Kier molecular flexibility index (Phi) is 5.06. The number of aryl methyl sites for hydroxylation is 1. The number of rotatable bonds is 4. The van der Waals surface area contributed by atoms with Gasteiger partial charge in [0.25, 0.3) is 5.56 Å². The maximum absolute atomic E-state index is 13.1. The molecule has 0 fully saturated rings. The van der Waals surface area contributed by atoms with E-state index in [0.29, 0.717) is 17.2 Å². The third-order valence-corrected chi connectivity index (χ3v) is 6.62. The molecule has 0 unspecified atom stereocenters. The summed E-state index contributed by atoms with van der Waals surface area (Å²) in [5, 5.41) is 3.67. The van der Waals surface area contributed by atoms with Gasteiger partial charge in [-0.1, -0.05) is 39.0 Å². The van der Waals surface area contributed by atoms with E-state index >= 15 is 0 Å². The summed E-state index contributed by atoms with van der Waals surface area (Å²) >= 11 is 1.63. The van der Waals surface area contributed by atoms with Gasteiger partial charge < -0.3 is 5.32 Å². The molecule has 0 radical (unpaired) electrons. The van der Waals surface area contributed by atoms with Crippen molar-refractivity contribution in [2.24, 2.45) is 5.92 Å². The quantitative estimate of drug-likeness (QED) is 0.714. The van der Waals surface area contributed by atoms with Gasteiger partial charge in [-0.25, -0.2) is 4.98 Å². The molecule has 1 aliphatic carbocycles. The van der Waals surface area contributed by atoms with Crippen molar-refractivity contribution >= 4 is 33.1 Å². The normalized spacial score (nSPS) is 16.4. The van der Waals surface area contributed by atoms with Gasteiger partial charge in [0.1, 0.15) is 11.4 Å². The monoisotopic (exact) mass is 395 g/mol.